The first kappa shape index (κ1) is 9.63. The monoisotopic (exact) mass is 265 g/mol. The molecule has 1 aliphatic rings. The zero-order valence-corrected chi connectivity index (χ0v) is 10.8. The number of hydrogen-bond donors (Lipinski definition) is 0. The summed E-state index contributed by atoms with van der Waals surface area (Å²) in [7, 11) is 0. The van der Waals surface area contributed by atoms with E-state index in [1.54, 1.807) is 11.3 Å². The van der Waals surface area contributed by atoms with Crippen molar-refractivity contribution in [3.05, 3.63) is 48.3 Å². The van der Waals surface area contributed by atoms with Crippen LogP contribution in [-0.4, -0.2) is 14.6 Å². The van der Waals surface area contributed by atoms with E-state index >= 15 is 0 Å². The van der Waals surface area contributed by atoms with E-state index in [0.29, 0.717) is 0 Å². The summed E-state index contributed by atoms with van der Waals surface area (Å²) in [6.45, 7) is 0.890. The van der Waals surface area contributed by atoms with Crippen molar-refractivity contribution in [2.75, 3.05) is 0 Å². The highest BCUT2D eigenvalue weighted by Gasteiger charge is 2.32. The topological polar surface area (TPSA) is 34.1 Å². The van der Waals surface area contributed by atoms with Gasteiger partial charge in [0.1, 0.15) is 16.9 Å². The minimum Gasteiger partial charge on any atom is -0.251 e. The highest BCUT2D eigenvalue weighted by molar-refractivity contribution is 7.21. The van der Waals surface area contributed by atoms with Gasteiger partial charge in [-0.05, 0) is 18.2 Å². The van der Waals surface area contributed by atoms with Crippen LogP contribution in [0.4, 0.5) is 0 Å². The molecule has 19 heavy (non-hydrogen) atoms. The quantitative estimate of drug-likeness (QED) is 0.402. The Kier molecular flexibility index (Phi) is 1.62. The molecule has 0 saturated heterocycles. The largest absolute Gasteiger partial charge is 0.326 e. The second-order valence-electron chi connectivity index (χ2n) is 4.70. The Morgan fingerprint density at radius 2 is 2.16 bits per heavy atom. The predicted octanol–water partition coefficient (Wildman–Crippen LogP) is 2.26. The van der Waals surface area contributed by atoms with Gasteiger partial charge >= 0.3 is 5.65 Å². The van der Waals surface area contributed by atoms with E-state index in [9.17, 15) is 0 Å². The highest BCUT2D eigenvalue weighted by Crippen LogP contribution is 2.34. The normalized spacial score (nSPS) is 13.1. The third kappa shape index (κ3) is 1.11. The lowest BCUT2D eigenvalue weighted by atomic mass is 10.2. The fourth-order valence-electron chi connectivity index (χ4n) is 2.80. The molecule has 90 valence electrons. The molecule has 4 aromatic rings. The maximum atomic E-state index is 4.52. The van der Waals surface area contributed by atoms with Gasteiger partial charge in [0, 0.05) is 17.8 Å². The lowest BCUT2D eigenvalue weighted by Crippen LogP contribution is -2.31. The summed E-state index contributed by atoms with van der Waals surface area (Å²) in [4.78, 5) is 4.52. The van der Waals surface area contributed by atoms with Crippen molar-refractivity contribution in [1.29, 1.82) is 0 Å². The molecule has 0 atom stereocenters. The molecule has 4 nitrogen and oxygen atoms in total. The molecule has 5 heterocycles. The van der Waals surface area contributed by atoms with Crippen LogP contribution >= 0.6 is 11.3 Å². The average molecular weight is 265 g/mol. The van der Waals surface area contributed by atoms with E-state index in [0.717, 1.165) is 17.8 Å². The first-order chi connectivity index (χ1) is 9.42. The molecule has 0 saturated carbocycles. The van der Waals surface area contributed by atoms with Crippen molar-refractivity contribution in [2.24, 2.45) is 0 Å². The molecule has 0 spiro atoms. The van der Waals surface area contributed by atoms with Crippen LogP contribution < -0.4 is 4.57 Å². The van der Waals surface area contributed by atoms with Crippen LogP contribution in [0.1, 0.15) is 5.56 Å². The molecule has 0 radical (unpaired) electrons. The minimum absolute atomic E-state index is 0.890. The fourth-order valence-corrected chi connectivity index (χ4v) is 4.02. The Morgan fingerprint density at radius 1 is 1.21 bits per heavy atom. The second kappa shape index (κ2) is 3.19. The lowest BCUT2D eigenvalue weighted by molar-refractivity contribution is -0.644. The molecule has 0 fully saturated rings. The van der Waals surface area contributed by atoms with Gasteiger partial charge in [0.15, 0.2) is 5.52 Å². The van der Waals surface area contributed by atoms with Gasteiger partial charge in [-0.25, -0.2) is 4.57 Å². The number of thiazole rings is 1. The Bertz CT molecular complexity index is 951. The van der Waals surface area contributed by atoms with Crippen LogP contribution in [-0.2, 0) is 6.54 Å². The van der Waals surface area contributed by atoms with E-state index in [4.69, 9.17) is 0 Å². The van der Waals surface area contributed by atoms with Crippen molar-refractivity contribution in [3.63, 3.8) is 0 Å². The highest BCUT2D eigenvalue weighted by atomic mass is 32.1. The van der Waals surface area contributed by atoms with Crippen molar-refractivity contribution >= 4 is 27.2 Å². The van der Waals surface area contributed by atoms with Crippen molar-refractivity contribution in [2.45, 2.75) is 6.54 Å². The van der Waals surface area contributed by atoms with Gasteiger partial charge in [0.05, 0.1) is 6.20 Å². The number of rotatable bonds is 0. The molecule has 0 bridgehead atoms. The standard InChI is InChI=1S/C14H9N4S/c1-3-9-8-17-13-11(19-14(17)12(9)15-5-1)7-10-4-2-6-16-18(10)13/h1-7H,8H2/q+1. The maximum absolute atomic E-state index is 4.52. The number of hydrogen-bond acceptors (Lipinski definition) is 3. The number of pyridine rings is 1. The molecule has 1 aliphatic heterocycles. The van der Waals surface area contributed by atoms with Gasteiger partial charge in [-0.15, -0.1) is 0 Å². The summed E-state index contributed by atoms with van der Waals surface area (Å²) in [5, 5.41) is 5.70. The molecule has 0 amide bonds. The van der Waals surface area contributed by atoms with Crippen molar-refractivity contribution in [1.82, 2.24) is 14.6 Å². The third-order valence-electron chi connectivity index (χ3n) is 3.61. The fraction of sp³-hybridized carbons (Fsp3) is 0.0714. The van der Waals surface area contributed by atoms with Crippen molar-refractivity contribution in [3.8, 4) is 10.7 Å². The molecule has 0 aliphatic carbocycles. The molecule has 5 heteroatoms. The van der Waals surface area contributed by atoms with Crippen LogP contribution in [0.25, 0.3) is 26.6 Å². The third-order valence-corrected chi connectivity index (χ3v) is 4.74. The zero-order valence-electron chi connectivity index (χ0n) is 9.95. The van der Waals surface area contributed by atoms with E-state index < -0.39 is 0 Å². The SMILES string of the molecule is c1cnc2c(c1)C[n+]1c-2sc2cc3cccnn3c21. The van der Waals surface area contributed by atoms with Gasteiger partial charge in [-0.3, -0.25) is 4.98 Å². The van der Waals surface area contributed by atoms with E-state index in [2.05, 4.69) is 32.8 Å². The van der Waals surface area contributed by atoms with Crippen LogP contribution in [0.3, 0.4) is 0 Å². The molecule has 0 N–H and O–H groups in total. The minimum atomic E-state index is 0.890. The number of fused-ring (bicyclic) bond motifs is 7. The zero-order chi connectivity index (χ0) is 12.4. The molecular weight excluding hydrogens is 256 g/mol. The summed E-state index contributed by atoms with van der Waals surface area (Å²) < 4.78 is 5.60. The molecule has 5 rings (SSSR count). The van der Waals surface area contributed by atoms with E-state index in [1.807, 2.05) is 29.0 Å². The summed E-state index contributed by atoms with van der Waals surface area (Å²) in [6.07, 6.45) is 3.69. The summed E-state index contributed by atoms with van der Waals surface area (Å²) in [6, 6.07) is 10.4. The molecular formula is C14H9N4S+. The van der Waals surface area contributed by atoms with Crippen LogP contribution in [0, 0.1) is 0 Å². The van der Waals surface area contributed by atoms with Gasteiger partial charge in [0.2, 0.25) is 5.01 Å². The first-order valence-electron chi connectivity index (χ1n) is 6.15. The van der Waals surface area contributed by atoms with Crippen LogP contribution in [0.5, 0.6) is 0 Å². The Hall–Kier alpha value is -2.27. The first-order valence-corrected chi connectivity index (χ1v) is 6.97. The molecule has 0 aromatic carbocycles. The van der Waals surface area contributed by atoms with Crippen LogP contribution in [0.2, 0.25) is 0 Å². The van der Waals surface area contributed by atoms with Crippen LogP contribution in [0.15, 0.2) is 42.7 Å². The lowest BCUT2D eigenvalue weighted by Gasteiger charge is -1.91. The smallest absolute Gasteiger partial charge is 0.251 e. The summed E-state index contributed by atoms with van der Waals surface area (Å²) in [5.74, 6) is 0. The maximum Gasteiger partial charge on any atom is 0.326 e. The van der Waals surface area contributed by atoms with Gasteiger partial charge in [-0.2, -0.15) is 0 Å². The van der Waals surface area contributed by atoms with E-state index in [-0.39, 0.29) is 0 Å². The number of nitrogens with zero attached hydrogens (tertiary/aromatic N) is 4. The summed E-state index contributed by atoms with van der Waals surface area (Å²) in [5.41, 5.74) is 4.73. The molecule has 0 unspecified atom stereocenters. The van der Waals surface area contributed by atoms with Crippen molar-refractivity contribution < 1.29 is 4.57 Å². The van der Waals surface area contributed by atoms with Gasteiger partial charge < -0.3 is 0 Å². The Balaban J connectivity index is 1.94. The van der Waals surface area contributed by atoms with Gasteiger partial charge in [0.25, 0.3) is 0 Å². The Morgan fingerprint density at radius 3 is 3.16 bits per heavy atom. The molecule has 4 aromatic heterocycles. The Labute approximate surface area is 112 Å². The summed E-state index contributed by atoms with van der Waals surface area (Å²) >= 11 is 1.79. The number of aromatic nitrogens is 4. The second-order valence-corrected chi connectivity index (χ2v) is 5.73. The predicted molar refractivity (Wildman–Crippen MR) is 73.1 cm³/mol. The van der Waals surface area contributed by atoms with Gasteiger partial charge in [-0.1, -0.05) is 27.0 Å². The average Bonchev–Trinajstić information content (AvgIpc) is 3.05. The van der Waals surface area contributed by atoms with E-state index in [1.165, 1.54) is 20.9 Å².